The number of carboxylic acid groups (broad SMARTS) is 1. The van der Waals surface area contributed by atoms with Gasteiger partial charge in [-0.2, -0.15) is 0 Å². The zero-order chi connectivity index (χ0) is 24.3. The van der Waals surface area contributed by atoms with Gasteiger partial charge in [-0.15, -0.1) is 0 Å². The second-order valence-electron chi connectivity index (χ2n) is 8.47. The van der Waals surface area contributed by atoms with E-state index in [1.54, 1.807) is 0 Å². The van der Waals surface area contributed by atoms with Gasteiger partial charge in [0.25, 0.3) is 5.91 Å². The van der Waals surface area contributed by atoms with E-state index in [2.05, 4.69) is 17.4 Å². The molecule has 9 heteroatoms. The number of carbonyl (C=O) groups excluding carboxylic acids is 2. The number of nitrogens with one attached hydrogen (secondary N) is 1. The number of methoxy groups -OCH3 is 1. The second-order valence-corrected chi connectivity index (χ2v) is 8.47. The third kappa shape index (κ3) is 4.24. The summed E-state index contributed by atoms with van der Waals surface area (Å²) in [4.78, 5) is 38.3. The van der Waals surface area contributed by atoms with Crippen LogP contribution in [0.25, 0.3) is 11.1 Å². The quantitative estimate of drug-likeness (QED) is 0.611. The minimum absolute atomic E-state index is 0.0815. The average Bonchev–Trinajstić information content (AvgIpc) is 3.47. The molecule has 1 aliphatic heterocycles. The molecule has 2 unspecified atom stereocenters. The average molecular weight is 469 g/mol. The normalized spacial score (nSPS) is 19.7. The standard InChI is InChI=1S/C25H28N2O7/c1-27(25(23(29)30)11-12-33-15-25)22(28)21(32-2)13-26-24(31)34-14-20-18-9-5-3-7-16(18)17-8-4-6-10-19(17)20/h3-10,20-21H,11-15H2,1-2H3,(H,26,31)(H,29,30). The summed E-state index contributed by atoms with van der Waals surface area (Å²) in [5, 5.41) is 12.2. The fourth-order valence-electron chi connectivity index (χ4n) is 4.65. The lowest BCUT2D eigenvalue weighted by Crippen LogP contribution is -2.59. The van der Waals surface area contributed by atoms with E-state index >= 15 is 0 Å². The molecule has 1 heterocycles. The van der Waals surface area contributed by atoms with Crippen molar-refractivity contribution in [3.63, 3.8) is 0 Å². The van der Waals surface area contributed by atoms with Gasteiger partial charge in [-0.25, -0.2) is 9.59 Å². The number of rotatable bonds is 8. The van der Waals surface area contributed by atoms with Crippen LogP contribution in [0.15, 0.2) is 48.5 Å². The number of likely N-dealkylation sites (N-methyl/N-ethyl adjacent to an activating group) is 1. The van der Waals surface area contributed by atoms with Crippen molar-refractivity contribution in [2.45, 2.75) is 24.0 Å². The predicted molar refractivity (Wildman–Crippen MR) is 122 cm³/mol. The van der Waals surface area contributed by atoms with Gasteiger partial charge >= 0.3 is 12.1 Å². The fourth-order valence-corrected chi connectivity index (χ4v) is 4.65. The highest BCUT2D eigenvalue weighted by atomic mass is 16.5. The lowest BCUT2D eigenvalue weighted by atomic mass is 9.96. The first-order valence-electron chi connectivity index (χ1n) is 11.1. The molecule has 0 bridgehead atoms. The van der Waals surface area contributed by atoms with Gasteiger partial charge in [0, 0.05) is 33.1 Å². The van der Waals surface area contributed by atoms with E-state index in [0.29, 0.717) is 0 Å². The molecule has 1 saturated heterocycles. The van der Waals surface area contributed by atoms with Crippen LogP contribution in [-0.4, -0.2) is 80.1 Å². The molecule has 2 aromatic carbocycles. The van der Waals surface area contributed by atoms with E-state index in [1.807, 2.05) is 36.4 Å². The topological polar surface area (TPSA) is 114 Å². The van der Waals surface area contributed by atoms with Crippen molar-refractivity contribution in [2.75, 3.05) is 40.5 Å². The minimum Gasteiger partial charge on any atom is -0.479 e. The first-order valence-corrected chi connectivity index (χ1v) is 11.1. The summed E-state index contributed by atoms with van der Waals surface area (Å²) in [6.07, 6.45) is -1.57. The zero-order valence-corrected chi connectivity index (χ0v) is 19.2. The van der Waals surface area contributed by atoms with E-state index in [4.69, 9.17) is 14.2 Å². The molecule has 34 heavy (non-hydrogen) atoms. The van der Waals surface area contributed by atoms with E-state index in [9.17, 15) is 19.5 Å². The fraction of sp³-hybridized carbons (Fsp3) is 0.400. The summed E-state index contributed by atoms with van der Waals surface area (Å²) in [6.45, 7) is 0.137. The molecule has 0 saturated carbocycles. The number of hydrogen-bond acceptors (Lipinski definition) is 6. The predicted octanol–water partition coefficient (Wildman–Crippen LogP) is 2.24. The highest BCUT2D eigenvalue weighted by Gasteiger charge is 2.49. The molecule has 9 nitrogen and oxygen atoms in total. The molecule has 4 rings (SSSR count). The maximum absolute atomic E-state index is 12.9. The Morgan fingerprint density at radius 2 is 1.76 bits per heavy atom. The number of carbonyl (C=O) groups is 3. The monoisotopic (exact) mass is 468 g/mol. The van der Waals surface area contributed by atoms with Crippen LogP contribution in [0, 0.1) is 0 Å². The summed E-state index contributed by atoms with van der Waals surface area (Å²) in [5.74, 6) is -1.78. The van der Waals surface area contributed by atoms with Crippen molar-refractivity contribution >= 4 is 18.0 Å². The van der Waals surface area contributed by atoms with Crippen LogP contribution >= 0.6 is 0 Å². The molecular formula is C25H28N2O7. The van der Waals surface area contributed by atoms with Gasteiger partial charge in [-0.1, -0.05) is 48.5 Å². The lowest BCUT2D eigenvalue weighted by molar-refractivity contribution is -0.162. The highest BCUT2D eigenvalue weighted by molar-refractivity contribution is 5.90. The number of alkyl carbamates (subject to hydrolysis) is 1. The van der Waals surface area contributed by atoms with Gasteiger partial charge in [0.05, 0.1) is 13.2 Å². The van der Waals surface area contributed by atoms with E-state index in [-0.39, 0.29) is 38.7 Å². The molecule has 2 amide bonds. The molecule has 0 radical (unpaired) electrons. The Hall–Kier alpha value is -3.43. The van der Waals surface area contributed by atoms with E-state index in [1.165, 1.54) is 14.2 Å². The molecule has 2 N–H and O–H groups in total. The Bertz CT molecular complexity index is 1030. The first kappa shape index (κ1) is 23.7. The molecule has 2 aromatic rings. The molecule has 1 aliphatic carbocycles. The molecule has 180 valence electrons. The third-order valence-corrected chi connectivity index (χ3v) is 6.71. The highest BCUT2D eigenvalue weighted by Crippen LogP contribution is 2.44. The Kier molecular flexibility index (Phi) is 6.85. The summed E-state index contributed by atoms with van der Waals surface area (Å²) in [6, 6.07) is 16.1. The largest absolute Gasteiger partial charge is 0.479 e. The van der Waals surface area contributed by atoms with Crippen LogP contribution in [0.3, 0.4) is 0 Å². The summed E-state index contributed by atoms with van der Waals surface area (Å²) >= 11 is 0. The molecular weight excluding hydrogens is 440 g/mol. The van der Waals surface area contributed by atoms with Crippen molar-refractivity contribution in [2.24, 2.45) is 0 Å². The second kappa shape index (κ2) is 9.82. The van der Waals surface area contributed by atoms with Gasteiger partial charge in [0.2, 0.25) is 0 Å². The lowest BCUT2D eigenvalue weighted by Gasteiger charge is -2.35. The Morgan fingerprint density at radius 1 is 1.15 bits per heavy atom. The number of nitrogens with zero attached hydrogens (tertiary/aromatic N) is 1. The molecule has 1 fully saturated rings. The van der Waals surface area contributed by atoms with Crippen LogP contribution in [0.4, 0.5) is 4.79 Å². The van der Waals surface area contributed by atoms with Crippen LogP contribution in [0.5, 0.6) is 0 Å². The number of amides is 2. The summed E-state index contributed by atoms with van der Waals surface area (Å²) < 4.78 is 16.0. The number of aliphatic carboxylic acids is 1. The Labute approximate surface area is 197 Å². The molecule has 2 aliphatic rings. The third-order valence-electron chi connectivity index (χ3n) is 6.71. The van der Waals surface area contributed by atoms with Crippen molar-refractivity contribution in [3.05, 3.63) is 59.7 Å². The maximum atomic E-state index is 12.9. The smallest absolute Gasteiger partial charge is 0.407 e. The molecule has 0 aromatic heterocycles. The minimum atomic E-state index is -1.45. The van der Waals surface area contributed by atoms with E-state index < -0.39 is 29.6 Å². The number of fused-ring (bicyclic) bond motifs is 3. The van der Waals surface area contributed by atoms with Crippen LogP contribution in [0.1, 0.15) is 23.5 Å². The summed E-state index contributed by atoms with van der Waals surface area (Å²) in [5.41, 5.74) is 3.01. The zero-order valence-electron chi connectivity index (χ0n) is 19.2. The number of ether oxygens (including phenoxy) is 3. The van der Waals surface area contributed by atoms with Crippen LogP contribution in [-0.2, 0) is 23.8 Å². The number of hydrogen-bond donors (Lipinski definition) is 2. The first-order chi connectivity index (χ1) is 16.4. The molecule has 2 atom stereocenters. The van der Waals surface area contributed by atoms with Crippen molar-refractivity contribution in [1.29, 1.82) is 0 Å². The molecule has 0 spiro atoms. The van der Waals surface area contributed by atoms with Gasteiger partial charge in [-0.3, -0.25) is 4.79 Å². The Balaban J connectivity index is 1.35. The number of carboxylic acids is 1. The van der Waals surface area contributed by atoms with Gasteiger partial charge in [0.1, 0.15) is 6.61 Å². The van der Waals surface area contributed by atoms with Crippen molar-refractivity contribution in [3.8, 4) is 11.1 Å². The maximum Gasteiger partial charge on any atom is 0.407 e. The van der Waals surface area contributed by atoms with Gasteiger partial charge in [-0.05, 0) is 22.3 Å². The van der Waals surface area contributed by atoms with Crippen LogP contribution in [0.2, 0.25) is 0 Å². The van der Waals surface area contributed by atoms with Crippen LogP contribution < -0.4 is 5.32 Å². The van der Waals surface area contributed by atoms with E-state index in [0.717, 1.165) is 27.2 Å². The van der Waals surface area contributed by atoms with Crippen molar-refractivity contribution < 1.29 is 33.7 Å². The Morgan fingerprint density at radius 3 is 2.29 bits per heavy atom. The number of benzene rings is 2. The SMILES string of the molecule is COC(CNC(=O)OCC1c2ccccc2-c2ccccc21)C(=O)N(C)C1(C(=O)O)CCOC1. The van der Waals surface area contributed by atoms with Gasteiger partial charge < -0.3 is 29.5 Å². The van der Waals surface area contributed by atoms with Crippen molar-refractivity contribution in [1.82, 2.24) is 10.2 Å². The summed E-state index contributed by atoms with van der Waals surface area (Å²) in [7, 11) is 2.73. The van der Waals surface area contributed by atoms with Gasteiger partial charge in [0.15, 0.2) is 11.6 Å².